The van der Waals surface area contributed by atoms with Gasteiger partial charge in [-0.2, -0.15) is 0 Å². The zero-order valence-corrected chi connectivity index (χ0v) is 15.4. The maximum absolute atomic E-state index is 9.31. The maximum atomic E-state index is 9.31. The largest absolute Gasteiger partial charge is 0.396 e. The van der Waals surface area contributed by atoms with Crippen molar-refractivity contribution in [1.82, 2.24) is 0 Å². The van der Waals surface area contributed by atoms with Crippen LogP contribution in [0.25, 0.3) is 0 Å². The Hall–Kier alpha value is -0.0600. The van der Waals surface area contributed by atoms with E-state index in [9.17, 15) is 14.4 Å². The van der Waals surface area contributed by atoms with Crippen LogP contribution in [0.4, 0.5) is 0 Å². The van der Waals surface area contributed by atoms with E-state index in [1.807, 2.05) is 6.92 Å². The molecule has 3 N–H and O–H groups in total. The third-order valence-electron chi connectivity index (χ3n) is 1.76. The Labute approximate surface area is 142 Å². The lowest BCUT2D eigenvalue weighted by atomic mass is 9.88. The van der Waals surface area contributed by atoms with Crippen LogP contribution < -0.4 is 0 Å². The first kappa shape index (κ1) is 29.0. The van der Waals surface area contributed by atoms with Crippen LogP contribution in [0.15, 0.2) is 0 Å². The first-order valence-corrected chi connectivity index (χ1v) is 7.19. The molecule has 21 heavy (non-hydrogen) atoms. The second kappa shape index (κ2) is 19.9. The SMILES string of the molecule is CC(=O)S.CC(=O)S.CC(=O)S.CCC(CO)(CO)CO. The minimum absolute atomic E-state index is 0.139. The molecule has 0 aromatic rings. The first-order chi connectivity index (χ1) is 9.44. The van der Waals surface area contributed by atoms with Crippen LogP contribution in [-0.2, 0) is 14.4 Å². The number of hydrogen-bond acceptors (Lipinski definition) is 6. The fourth-order valence-electron chi connectivity index (χ4n) is 0.485. The van der Waals surface area contributed by atoms with Gasteiger partial charge in [0.2, 0.25) is 0 Å². The van der Waals surface area contributed by atoms with Gasteiger partial charge in [0.15, 0.2) is 15.3 Å². The quantitative estimate of drug-likeness (QED) is 0.412. The van der Waals surface area contributed by atoms with Crippen molar-refractivity contribution in [3.8, 4) is 0 Å². The molecule has 0 unspecified atom stereocenters. The van der Waals surface area contributed by atoms with Crippen LogP contribution in [0.1, 0.15) is 34.1 Å². The molecular formula is C12H26O6S3. The number of carbonyl (C=O) groups is 3. The van der Waals surface area contributed by atoms with Crippen LogP contribution in [0.3, 0.4) is 0 Å². The lowest BCUT2D eigenvalue weighted by molar-refractivity contribution is -0.109. The molecule has 0 atom stereocenters. The molecule has 0 saturated heterocycles. The van der Waals surface area contributed by atoms with Crippen LogP contribution >= 0.6 is 37.9 Å². The summed E-state index contributed by atoms with van der Waals surface area (Å²) in [5, 5.41) is 25.6. The van der Waals surface area contributed by atoms with E-state index < -0.39 is 5.41 Å². The number of aliphatic hydroxyl groups excluding tert-OH is 3. The van der Waals surface area contributed by atoms with Crippen molar-refractivity contribution in [3.05, 3.63) is 0 Å². The average Bonchev–Trinajstić information content (AvgIpc) is 2.30. The van der Waals surface area contributed by atoms with Gasteiger partial charge in [-0.1, -0.05) is 6.92 Å². The summed E-state index contributed by atoms with van der Waals surface area (Å²) in [6.45, 7) is 5.53. The van der Waals surface area contributed by atoms with Crippen LogP contribution in [-0.4, -0.2) is 50.5 Å². The summed E-state index contributed by atoms with van der Waals surface area (Å²) in [6, 6.07) is 0. The van der Waals surface area contributed by atoms with Crippen molar-refractivity contribution < 1.29 is 29.7 Å². The van der Waals surface area contributed by atoms with E-state index in [4.69, 9.17) is 15.3 Å². The maximum Gasteiger partial charge on any atom is 0.182 e. The molecule has 0 saturated carbocycles. The summed E-state index contributed by atoms with van der Waals surface area (Å²) in [5.74, 6) is 0. The smallest absolute Gasteiger partial charge is 0.182 e. The molecule has 9 heteroatoms. The van der Waals surface area contributed by atoms with E-state index in [2.05, 4.69) is 37.9 Å². The van der Waals surface area contributed by atoms with Gasteiger partial charge < -0.3 is 15.3 Å². The van der Waals surface area contributed by atoms with E-state index in [1.165, 1.54) is 20.8 Å². The normalized spacial score (nSPS) is 8.86. The number of hydrogen-bond donors (Lipinski definition) is 6. The Morgan fingerprint density at radius 2 is 0.905 bits per heavy atom. The van der Waals surface area contributed by atoms with Crippen molar-refractivity contribution in [3.63, 3.8) is 0 Å². The first-order valence-electron chi connectivity index (χ1n) is 5.85. The second-order valence-corrected chi connectivity index (χ2v) is 5.77. The monoisotopic (exact) mass is 362 g/mol. The van der Waals surface area contributed by atoms with Crippen LogP contribution in [0.5, 0.6) is 0 Å². The third-order valence-corrected chi connectivity index (χ3v) is 1.76. The van der Waals surface area contributed by atoms with Gasteiger partial charge in [0, 0.05) is 26.2 Å². The standard InChI is InChI=1S/C6H14O3.3C2H4OS/c1-2-6(3-7,4-8)5-9;3*1-2(3)4/h7-9H,2-5H2,1H3;3*1H3,(H,3,4). The predicted molar refractivity (Wildman–Crippen MR) is 93.0 cm³/mol. The molecule has 0 aliphatic carbocycles. The van der Waals surface area contributed by atoms with E-state index in [0.29, 0.717) is 6.42 Å². The molecule has 0 rings (SSSR count). The number of aliphatic hydroxyl groups is 3. The molecule has 0 aromatic carbocycles. The lowest BCUT2D eigenvalue weighted by Gasteiger charge is -2.24. The molecule has 0 fully saturated rings. The fourth-order valence-corrected chi connectivity index (χ4v) is 0.485. The highest BCUT2D eigenvalue weighted by Crippen LogP contribution is 2.18. The predicted octanol–water partition coefficient (Wildman–Crippen LogP) is 0.748. The minimum Gasteiger partial charge on any atom is -0.396 e. The van der Waals surface area contributed by atoms with Gasteiger partial charge in [-0.3, -0.25) is 14.4 Å². The molecule has 0 bridgehead atoms. The molecular weight excluding hydrogens is 336 g/mol. The van der Waals surface area contributed by atoms with Crippen molar-refractivity contribution in [2.75, 3.05) is 19.8 Å². The Morgan fingerprint density at radius 1 is 0.762 bits per heavy atom. The van der Waals surface area contributed by atoms with Crippen molar-refractivity contribution >= 4 is 53.2 Å². The molecule has 128 valence electrons. The number of thiol groups is 3. The number of rotatable bonds is 4. The average molecular weight is 363 g/mol. The third kappa shape index (κ3) is 45.0. The zero-order chi connectivity index (χ0) is 18.1. The van der Waals surface area contributed by atoms with Gasteiger partial charge in [0.1, 0.15) is 0 Å². The molecule has 0 radical (unpaired) electrons. The second-order valence-electron chi connectivity index (χ2n) is 3.88. The highest BCUT2D eigenvalue weighted by Gasteiger charge is 2.24. The molecule has 0 heterocycles. The lowest BCUT2D eigenvalue weighted by Crippen LogP contribution is -2.32. The highest BCUT2D eigenvalue weighted by molar-refractivity contribution is 7.96. The summed E-state index contributed by atoms with van der Waals surface area (Å²) in [7, 11) is 0. The summed E-state index contributed by atoms with van der Waals surface area (Å²) in [4.78, 5) is 27.9. The molecule has 6 nitrogen and oxygen atoms in total. The number of carbonyl (C=O) groups excluding carboxylic acids is 3. The van der Waals surface area contributed by atoms with Gasteiger partial charge in [-0.05, 0) is 6.42 Å². The topological polar surface area (TPSA) is 112 Å². The van der Waals surface area contributed by atoms with Gasteiger partial charge in [0.05, 0.1) is 19.8 Å². The summed E-state index contributed by atoms with van der Waals surface area (Å²) in [5.41, 5.74) is -0.667. The van der Waals surface area contributed by atoms with Crippen molar-refractivity contribution in [1.29, 1.82) is 0 Å². The van der Waals surface area contributed by atoms with Crippen molar-refractivity contribution in [2.24, 2.45) is 5.41 Å². The highest BCUT2D eigenvalue weighted by atomic mass is 32.1. The van der Waals surface area contributed by atoms with Crippen LogP contribution in [0.2, 0.25) is 0 Å². The molecule has 0 aliphatic rings. The Bertz CT molecular complexity index is 222. The van der Waals surface area contributed by atoms with Crippen molar-refractivity contribution in [2.45, 2.75) is 34.1 Å². The Kier molecular flexibility index (Phi) is 27.5. The minimum atomic E-state index is -0.667. The van der Waals surface area contributed by atoms with Gasteiger partial charge in [-0.15, -0.1) is 37.9 Å². The van der Waals surface area contributed by atoms with Gasteiger partial charge >= 0.3 is 0 Å². The van der Waals surface area contributed by atoms with Gasteiger partial charge in [-0.25, -0.2) is 0 Å². The van der Waals surface area contributed by atoms with E-state index in [1.54, 1.807) is 0 Å². The zero-order valence-electron chi connectivity index (χ0n) is 12.7. The Morgan fingerprint density at radius 3 is 0.905 bits per heavy atom. The Balaban J connectivity index is -0.000000102. The molecule has 0 amide bonds. The van der Waals surface area contributed by atoms with E-state index in [0.717, 1.165) is 0 Å². The summed E-state index contributed by atoms with van der Waals surface area (Å²) >= 11 is 9.98. The van der Waals surface area contributed by atoms with E-state index in [-0.39, 0.29) is 35.2 Å². The summed E-state index contributed by atoms with van der Waals surface area (Å²) in [6.07, 6.45) is 0.594. The van der Waals surface area contributed by atoms with E-state index >= 15 is 0 Å². The molecule has 0 aliphatic heterocycles. The fraction of sp³-hybridized carbons (Fsp3) is 0.750. The molecule has 0 aromatic heterocycles. The molecule has 0 spiro atoms. The van der Waals surface area contributed by atoms with Crippen LogP contribution in [0, 0.1) is 5.41 Å². The summed E-state index contributed by atoms with van der Waals surface area (Å²) < 4.78 is 0. The van der Waals surface area contributed by atoms with Gasteiger partial charge in [0.25, 0.3) is 0 Å².